The summed E-state index contributed by atoms with van der Waals surface area (Å²) in [7, 11) is 0. The number of hydrogen-bond donors (Lipinski definition) is 3. The molecule has 2 heterocycles. The number of benzene rings is 2. The second-order valence-electron chi connectivity index (χ2n) is 8.66. The number of carbonyl (C=O) groups is 2. The third-order valence-corrected chi connectivity index (χ3v) is 7.35. The molecule has 4 rings (SSSR count). The molecule has 33 heavy (non-hydrogen) atoms. The Balaban J connectivity index is 1.35. The lowest BCUT2D eigenvalue weighted by Crippen LogP contribution is -2.50. The maximum atomic E-state index is 12.9. The van der Waals surface area contributed by atoms with E-state index in [-0.39, 0.29) is 12.1 Å². The van der Waals surface area contributed by atoms with Gasteiger partial charge in [0.1, 0.15) is 0 Å². The van der Waals surface area contributed by atoms with Crippen LogP contribution in [-0.4, -0.2) is 51.4 Å². The van der Waals surface area contributed by atoms with Crippen LogP contribution >= 0.6 is 11.8 Å². The van der Waals surface area contributed by atoms with Gasteiger partial charge in [0.05, 0.1) is 12.1 Å². The van der Waals surface area contributed by atoms with Gasteiger partial charge in [-0.2, -0.15) is 0 Å². The van der Waals surface area contributed by atoms with E-state index in [4.69, 9.17) is 0 Å². The topological polar surface area (TPSA) is 89.9 Å². The predicted octanol–water partition coefficient (Wildman–Crippen LogP) is 3.29. The van der Waals surface area contributed by atoms with Crippen molar-refractivity contribution < 1.29 is 19.8 Å². The molecule has 1 saturated heterocycles. The van der Waals surface area contributed by atoms with E-state index in [1.807, 2.05) is 61.5 Å². The molecule has 0 bridgehead atoms. The SMILES string of the molecule is C[C@@H](NC(=O)[C@H](O)[C@@H](O)C(=O)N1CCC[C@@H]1c1ccccc1)c1ccc(C2C=CSC2)cc1. The number of carbonyl (C=O) groups excluding carboxylic acids is 2. The maximum absolute atomic E-state index is 12.9. The maximum Gasteiger partial charge on any atom is 0.255 e. The summed E-state index contributed by atoms with van der Waals surface area (Å²) < 4.78 is 0. The van der Waals surface area contributed by atoms with Crippen molar-refractivity contribution in [1.82, 2.24) is 10.2 Å². The number of amides is 2. The number of aliphatic hydroxyl groups is 2. The first kappa shape index (κ1) is 23.5. The average molecular weight is 467 g/mol. The van der Waals surface area contributed by atoms with E-state index in [9.17, 15) is 19.8 Å². The number of allylic oxidation sites excluding steroid dienone is 1. The number of hydrogen-bond acceptors (Lipinski definition) is 5. The van der Waals surface area contributed by atoms with E-state index in [2.05, 4.69) is 16.8 Å². The van der Waals surface area contributed by atoms with Gasteiger partial charge in [-0.25, -0.2) is 0 Å². The minimum atomic E-state index is -1.84. The molecule has 0 spiro atoms. The molecule has 2 aliphatic rings. The van der Waals surface area contributed by atoms with Gasteiger partial charge in [-0.1, -0.05) is 60.7 Å². The molecule has 2 aliphatic heterocycles. The van der Waals surface area contributed by atoms with Crippen LogP contribution in [-0.2, 0) is 9.59 Å². The summed E-state index contributed by atoms with van der Waals surface area (Å²) >= 11 is 1.79. The van der Waals surface area contributed by atoms with Crippen molar-refractivity contribution in [2.75, 3.05) is 12.3 Å². The fraction of sp³-hybridized carbons (Fsp3) is 0.385. The van der Waals surface area contributed by atoms with E-state index in [0.717, 1.165) is 29.7 Å². The van der Waals surface area contributed by atoms with Gasteiger partial charge in [-0.15, -0.1) is 11.8 Å². The van der Waals surface area contributed by atoms with E-state index < -0.39 is 24.0 Å². The summed E-state index contributed by atoms with van der Waals surface area (Å²) in [5.41, 5.74) is 3.09. The molecule has 5 atom stereocenters. The molecule has 2 aromatic carbocycles. The Kier molecular flexibility index (Phi) is 7.53. The van der Waals surface area contributed by atoms with Gasteiger partial charge in [0, 0.05) is 18.2 Å². The number of rotatable bonds is 7. The summed E-state index contributed by atoms with van der Waals surface area (Å²) in [6, 6.07) is 17.1. The van der Waals surface area contributed by atoms with Crippen LogP contribution in [0.2, 0.25) is 0 Å². The molecular weight excluding hydrogens is 436 g/mol. The highest BCUT2D eigenvalue weighted by atomic mass is 32.2. The Labute approximate surface area is 198 Å². The number of thioether (sulfide) groups is 1. The van der Waals surface area contributed by atoms with E-state index in [0.29, 0.717) is 12.5 Å². The van der Waals surface area contributed by atoms with Gasteiger partial charge in [0.2, 0.25) is 0 Å². The Hall–Kier alpha value is -2.61. The Morgan fingerprint density at radius 3 is 2.42 bits per heavy atom. The van der Waals surface area contributed by atoms with Crippen molar-refractivity contribution in [1.29, 1.82) is 0 Å². The molecule has 0 aromatic heterocycles. The van der Waals surface area contributed by atoms with Crippen LogP contribution in [0, 0.1) is 0 Å². The molecule has 0 saturated carbocycles. The Morgan fingerprint density at radius 2 is 1.76 bits per heavy atom. The second kappa shape index (κ2) is 10.5. The molecule has 2 amide bonds. The van der Waals surface area contributed by atoms with E-state index in [1.54, 1.807) is 16.7 Å². The highest BCUT2D eigenvalue weighted by molar-refractivity contribution is 8.02. The molecular formula is C26H30N2O4S. The lowest BCUT2D eigenvalue weighted by Gasteiger charge is -2.29. The summed E-state index contributed by atoms with van der Waals surface area (Å²) in [6.45, 7) is 2.30. The van der Waals surface area contributed by atoms with Crippen LogP contribution in [0.5, 0.6) is 0 Å². The normalized spacial score (nSPS) is 22.7. The van der Waals surface area contributed by atoms with Gasteiger partial charge in [-0.05, 0) is 41.9 Å². The first-order valence-corrected chi connectivity index (χ1v) is 12.4. The summed E-state index contributed by atoms with van der Waals surface area (Å²) in [5, 5.41) is 25.8. The summed E-state index contributed by atoms with van der Waals surface area (Å²) in [5.74, 6) is 0.0510. The van der Waals surface area contributed by atoms with Gasteiger partial charge in [0.25, 0.3) is 11.8 Å². The molecule has 0 radical (unpaired) electrons. The van der Waals surface area contributed by atoms with Crippen molar-refractivity contribution in [2.24, 2.45) is 0 Å². The van der Waals surface area contributed by atoms with Gasteiger partial charge < -0.3 is 20.4 Å². The van der Waals surface area contributed by atoms with Gasteiger partial charge >= 0.3 is 0 Å². The van der Waals surface area contributed by atoms with Crippen molar-refractivity contribution in [3.8, 4) is 0 Å². The number of likely N-dealkylation sites (tertiary alicyclic amines) is 1. The smallest absolute Gasteiger partial charge is 0.255 e. The van der Waals surface area contributed by atoms with Crippen molar-refractivity contribution in [3.05, 3.63) is 82.8 Å². The number of nitrogens with zero attached hydrogens (tertiary/aromatic N) is 1. The standard InChI is InChI=1S/C26H30N2O4S/c1-17(18-9-11-19(12-10-18)21-13-15-33-16-21)27-25(31)23(29)24(30)26(32)28-14-5-8-22(28)20-6-3-2-4-7-20/h2-4,6-7,9-13,15,17,21-24,29-30H,5,8,14,16H2,1H3,(H,27,31)/t17-,21?,22-,23-,24-/m1/s1. The fourth-order valence-electron chi connectivity index (χ4n) is 4.49. The molecule has 0 aliphatic carbocycles. The van der Waals surface area contributed by atoms with Crippen LogP contribution in [0.4, 0.5) is 0 Å². The lowest BCUT2D eigenvalue weighted by atomic mass is 9.98. The fourth-order valence-corrected chi connectivity index (χ4v) is 5.41. The highest BCUT2D eigenvalue weighted by Gasteiger charge is 2.38. The first-order valence-electron chi connectivity index (χ1n) is 11.4. The van der Waals surface area contributed by atoms with Crippen LogP contribution < -0.4 is 5.32 Å². The number of nitrogens with one attached hydrogen (secondary N) is 1. The summed E-state index contributed by atoms with van der Waals surface area (Å²) in [6.07, 6.45) is 0.130. The van der Waals surface area contributed by atoms with Crippen LogP contribution in [0.3, 0.4) is 0 Å². The number of aliphatic hydroxyl groups excluding tert-OH is 2. The van der Waals surface area contributed by atoms with Gasteiger partial charge in [-0.3, -0.25) is 9.59 Å². The molecule has 7 heteroatoms. The molecule has 2 aromatic rings. The minimum Gasteiger partial charge on any atom is -0.380 e. The van der Waals surface area contributed by atoms with E-state index >= 15 is 0 Å². The monoisotopic (exact) mass is 466 g/mol. The lowest BCUT2D eigenvalue weighted by molar-refractivity contribution is -0.154. The van der Waals surface area contributed by atoms with Gasteiger partial charge in [0.15, 0.2) is 12.2 Å². The molecule has 1 fully saturated rings. The van der Waals surface area contributed by atoms with Crippen LogP contribution in [0.1, 0.15) is 54.5 Å². The first-order chi connectivity index (χ1) is 16.0. The Morgan fingerprint density at radius 1 is 1.03 bits per heavy atom. The van der Waals surface area contributed by atoms with E-state index in [1.165, 1.54) is 5.56 Å². The third-order valence-electron chi connectivity index (χ3n) is 6.45. The molecule has 1 unspecified atom stereocenters. The largest absolute Gasteiger partial charge is 0.380 e. The van der Waals surface area contributed by atoms with Crippen molar-refractivity contribution >= 4 is 23.6 Å². The zero-order valence-corrected chi connectivity index (χ0v) is 19.4. The molecule has 3 N–H and O–H groups in total. The quantitative estimate of drug-likeness (QED) is 0.583. The zero-order chi connectivity index (χ0) is 23.4. The van der Waals surface area contributed by atoms with Crippen LogP contribution in [0.15, 0.2) is 66.1 Å². The second-order valence-corrected chi connectivity index (χ2v) is 9.59. The third kappa shape index (κ3) is 5.32. The minimum absolute atomic E-state index is 0.158. The molecule has 174 valence electrons. The van der Waals surface area contributed by atoms with Crippen molar-refractivity contribution in [3.63, 3.8) is 0 Å². The zero-order valence-electron chi connectivity index (χ0n) is 18.6. The highest BCUT2D eigenvalue weighted by Crippen LogP contribution is 2.33. The van der Waals surface area contributed by atoms with Crippen molar-refractivity contribution in [2.45, 2.75) is 50.0 Å². The average Bonchev–Trinajstić information content (AvgIpc) is 3.56. The predicted molar refractivity (Wildman–Crippen MR) is 129 cm³/mol. The summed E-state index contributed by atoms with van der Waals surface area (Å²) in [4.78, 5) is 27.1. The Bertz CT molecular complexity index is 995. The van der Waals surface area contributed by atoms with Crippen LogP contribution in [0.25, 0.3) is 0 Å². The molecule has 6 nitrogen and oxygen atoms in total.